The van der Waals surface area contributed by atoms with Gasteiger partial charge in [0.2, 0.25) is 0 Å². The lowest BCUT2D eigenvalue weighted by Crippen LogP contribution is -1.85. The van der Waals surface area contributed by atoms with Crippen LogP contribution in [0.15, 0.2) is 12.1 Å². The average molecular weight is 173 g/mol. The van der Waals surface area contributed by atoms with Crippen molar-refractivity contribution in [3.05, 3.63) is 22.7 Å². The van der Waals surface area contributed by atoms with Crippen LogP contribution in [0.1, 0.15) is 5.56 Å². The third-order valence-electron chi connectivity index (χ3n) is 1.39. The molecule has 11 heavy (non-hydrogen) atoms. The molecule has 0 atom stereocenters. The van der Waals surface area contributed by atoms with Crippen LogP contribution in [0.25, 0.3) is 0 Å². The van der Waals surface area contributed by atoms with Gasteiger partial charge in [0.15, 0.2) is 11.5 Å². The number of benzene rings is 1. The molecule has 60 valence electrons. The third kappa shape index (κ3) is 1.57. The number of phenols is 1. The van der Waals surface area contributed by atoms with Gasteiger partial charge in [0.1, 0.15) is 0 Å². The van der Waals surface area contributed by atoms with E-state index >= 15 is 0 Å². The van der Waals surface area contributed by atoms with Crippen LogP contribution in [-0.2, 0) is 0 Å². The Hall–Kier alpha value is -0.890. The second-order valence-electron chi connectivity index (χ2n) is 2.30. The Morgan fingerprint density at radius 1 is 1.45 bits per heavy atom. The highest BCUT2D eigenvalue weighted by Gasteiger charge is 2.05. The number of hydrogen-bond donors (Lipinski definition) is 1. The summed E-state index contributed by atoms with van der Waals surface area (Å²) in [6.45, 7) is 1.88. The zero-order valence-electron chi connectivity index (χ0n) is 6.39. The molecule has 0 aromatic heterocycles. The van der Waals surface area contributed by atoms with Crippen molar-refractivity contribution >= 4 is 11.6 Å². The van der Waals surface area contributed by atoms with Gasteiger partial charge in [0.25, 0.3) is 0 Å². The lowest BCUT2D eigenvalue weighted by molar-refractivity contribution is 0.373. The molecule has 0 heterocycles. The Morgan fingerprint density at radius 3 is 2.64 bits per heavy atom. The molecule has 0 aliphatic heterocycles. The first-order chi connectivity index (χ1) is 5.15. The van der Waals surface area contributed by atoms with Crippen molar-refractivity contribution in [3.63, 3.8) is 0 Å². The first-order valence-electron chi connectivity index (χ1n) is 3.18. The molecule has 0 unspecified atom stereocenters. The Labute approximate surface area is 70.4 Å². The van der Waals surface area contributed by atoms with Crippen LogP contribution in [0, 0.1) is 6.92 Å². The standard InChI is InChI=1S/C8H9ClO2/c1-5-3-6(9)8(10)7(4-5)11-2/h3-4,10H,1-2H3. The molecule has 0 aliphatic rings. The van der Waals surface area contributed by atoms with Crippen LogP contribution in [0.2, 0.25) is 5.02 Å². The number of ether oxygens (including phenoxy) is 1. The van der Waals surface area contributed by atoms with Crippen LogP contribution in [0.4, 0.5) is 0 Å². The number of aryl methyl sites for hydroxylation is 1. The first-order valence-corrected chi connectivity index (χ1v) is 3.56. The molecule has 3 heteroatoms. The predicted molar refractivity (Wildman–Crippen MR) is 44.4 cm³/mol. The Balaban J connectivity index is 3.24. The Morgan fingerprint density at radius 2 is 2.09 bits per heavy atom. The fourth-order valence-corrected chi connectivity index (χ4v) is 1.12. The molecule has 0 fully saturated rings. The SMILES string of the molecule is COc1cc(C)cc(Cl)c1O. The van der Waals surface area contributed by atoms with Gasteiger partial charge in [0.05, 0.1) is 12.1 Å². The van der Waals surface area contributed by atoms with Crippen molar-refractivity contribution in [2.45, 2.75) is 6.92 Å². The van der Waals surface area contributed by atoms with Crippen LogP contribution in [-0.4, -0.2) is 12.2 Å². The second kappa shape index (κ2) is 3.01. The number of phenolic OH excluding ortho intramolecular Hbond substituents is 1. The molecule has 0 saturated carbocycles. The predicted octanol–water partition coefficient (Wildman–Crippen LogP) is 2.36. The molecule has 1 rings (SSSR count). The highest BCUT2D eigenvalue weighted by molar-refractivity contribution is 6.32. The van der Waals surface area contributed by atoms with E-state index < -0.39 is 0 Å². The van der Waals surface area contributed by atoms with Crippen molar-refractivity contribution in [1.82, 2.24) is 0 Å². The van der Waals surface area contributed by atoms with E-state index in [1.165, 1.54) is 7.11 Å². The van der Waals surface area contributed by atoms with E-state index in [9.17, 15) is 5.11 Å². The van der Waals surface area contributed by atoms with Gasteiger partial charge < -0.3 is 9.84 Å². The lowest BCUT2D eigenvalue weighted by atomic mass is 10.2. The topological polar surface area (TPSA) is 29.5 Å². The fourth-order valence-electron chi connectivity index (χ4n) is 0.858. The summed E-state index contributed by atoms with van der Waals surface area (Å²) < 4.78 is 4.87. The van der Waals surface area contributed by atoms with E-state index in [0.29, 0.717) is 10.8 Å². The van der Waals surface area contributed by atoms with Gasteiger partial charge in [-0.15, -0.1) is 0 Å². The number of halogens is 1. The minimum atomic E-state index is -0.000216. The first kappa shape index (κ1) is 8.21. The summed E-state index contributed by atoms with van der Waals surface area (Å²) in [6, 6.07) is 3.40. The minimum absolute atomic E-state index is 0.000216. The maximum absolute atomic E-state index is 9.27. The normalized spacial score (nSPS) is 9.73. The fraction of sp³-hybridized carbons (Fsp3) is 0.250. The largest absolute Gasteiger partial charge is 0.503 e. The number of aromatic hydroxyl groups is 1. The van der Waals surface area contributed by atoms with Gasteiger partial charge in [0, 0.05) is 0 Å². The van der Waals surface area contributed by atoms with Gasteiger partial charge in [-0.2, -0.15) is 0 Å². The van der Waals surface area contributed by atoms with E-state index in [0.717, 1.165) is 5.56 Å². The zero-order valence-corrected chi connectivity index (χ0v) is 7.14. The molecule has 0 radical (unpaired) electrons. The maximum atomic E-state index is 9.27. The molecule has 1 N–H and O–H groups in total. The molecular formula is C8H9ClO2. The van der Waals surface area contributed by atoms with E-state index in [4.69, 9.17) is 16.3 Å². The van der Waals surface area contributed by atoms with Gasteiger partial charge in [-0.1, -0.05) is 11.6 Å². The Bertz CT molecular complexity index is 271. The highest BCUT2D eigenvalue weighted by Crippen LogP contribution is 2.34. The third-order valence-corrected chi connectivity index (χ3v) is 1.68. The summed E-state index contributed by atoms with van der Waals surface area (Å²) >= 11 is 5.67. The van der Waals surface area contributed by atoms with Crippen LogP contribution in [0.3, 0.4) is 0 Å². The molecular weight excluding hydrogens is 164 g/mol. The van der Waals surface area contributed by atoms with Crippen molar-refractivity contribution in [1.29, 1.82) is 0 Å². The summed E-state index contributed by atoms with van der Waals surface area (Å²) in [4.78, 5) is 0. The maximum Gasteiger partial charge on any atom is 0.176 e. The molecule has 0 saturated heterocycles. The van der Waals surface area contributed by atoms with Crippen LogP contribution >= 0.6 is 11.6 Å². The van der Waals surface area contributed by atoms with Crippen molar-refractivity contribution in [3.8, 4) is 11.5 Å². The van der Waals surface area contributed by atoms with Crippen LogP contribution < -0.4 is 4.74 Å². The Kier molecular flexibility index (Phi) is 2.25. The van der Waals surface area contributed by atoms with Gasteiger partial charge in [-0.05, 0) is 24.6 Å². The summed E-state index contributed by atoms with van der Waals surface area (Å²) in [7, 11) is 1.49. The highest BCUT2D eigenvalue weighted by atomic mass is 35.5. The lowest BCUT2D eigenvalue weighted by Gasteiger charge is -2.05. The number of methoxy groups -OCH3 is 1. The monoisotopic (exact) mass is 172 g/mol. The van der Waals surface area contributed by atoms with Crippen LogP contribution in [0.5, 0.6) is 11.5 Å². The molecule has 0 spiro atoms. The van der Waals surface area contributed by atoms with Crippen molar-refractivity contribution in [2.75, 3.05) is 7.11 Å². The van der Waals surface area contributed by atoms with E-state index in [2.05, 4.69) is 0 Å². The van der Waals surface area contributed by atoms with Crippen molar-refractivity contribution in [2.24, 2.45) is 0 Å². The molecule has 0 amide bonds. The quantitative estimate of drug-likeness (QED) is 0.705. The van der Waals surface area contributed by atoms with E-state index in [-0.39, 0.29) is 5.75 Å². The van der Waals surface area contributed by atoms with E-state index in [1.54, 1.807) is 12.1 Å². The molecule has 1 aromatic carbocycles. The molecule has 1 aromatic rings. The minimum Gasteiger partial charge on any atom is -0.503 e. The summed E-state index contributed by atoms with van der Waals surface area (Å²) in [5.74, 6) is 0.412. The van der Waals surface area contributed by atoms with Crippen molar-refractivity contribution < 1.29 is 9.84 Å². The zero-order chi connectivity index (χ0) is 8.43. The van der Waals surface area contributed by atoms with Gasteiger partial charge in [-0.3, -0.25) is 0 Å². The van der Waals surface area contributed by atoms with E-state index in [1.807, 2.05) is 6.92 Å². The number of hydrogen-bond acceptors (Lipinski definition) is 2. The average Bonchev–Trinajstić information content (AvgIpc) is 1.96. The molecule has 0 aliphatic carbocycles. The smallest absolute Gasteiger partial charge is 0.176 e. The molecule has 0 bridgehead atoms. The van der Waals surface area contributed by atoms with Gasteiger partial charge in [-0.25, -0.2) is 0 Å². The summed E-state index contributed by atoms with van der Waals surface area (Å²) in [6.07, 6.45) is 0. The summed E-state index contributed by atoms with van der Waals surface area (Å²) in [5.41, 5.74) is 0.963. The number of rotatable bonds is 1. The summed E-state index contributed by atoms with van der Waals surface area (Å²) in [5, 5.41) is 9.59. The molecule has 2 nitrogen and oxygen atoms in total. The van der Waals surface area contributed by atoms with Gasteiger partial charge >= 0.3 is 0 Å². The second-order valence-corrected chi connectivity index (χ2v) is 2.70.